The molecule has 2 rings (SSSR count). The summed E-state index contributed by atoms with van der Waals surface area (Å²) in [5.41, 5.74) is 1.10. The smallest absolute Gasteiger partial charge is 0.320 e. The molecule has 1 aromatic carbocycles. The van der Waals surface area contributed by atoms with Crippen LogP contribution in [0.4, 0.5) is 0 Å². The first-order chi connectivity index (χ1) is 8.09. The number of halogens is 1. The molecule has 1 unspecified atom stereocenters. The zero-order valence-corrected chi connectivity index (χ0v) is 11.3. The topological polar surface area (TPSA) is 49.3 Å². The summed E-state index contributed by atoms with van der Waals surface area (Å²) in [6.07, 6.45) is 2.04. The number of hydrogen-bond donors (Lipinski definition) is 2. The van der Waals surface area contributed by atoms with E-state index in [4.69, 9.17) is 0 Å². The van der Waals surface area contributed by atoms with Gasteiger partial charge in [-0.3, -0.25) is 10.1 Å². The Morgan fingerprint density at radius 2 is 2.12 bits per heavy atom. The largest absolute Gasteiger partial charge is 0.480 e. The third-order valence-electron chi connectivity index (χ3n) is 3.16. The van der Waals surface area contributed by atoms with Crippen molar-refractivity contribution in [2.75, 3.05) is 0 Å². The lowest BCUT2D eigenvalue weighted by Gasteiger charge is -2.21. The van der Waals surface area contributed by atoms with E-state index in [2.05, 4.69) is 21.2 Å². The third-order valence-corrected chi connectivity index (χ3v) is 3.88. The van der Waals surface area contributed by atoms with E-state index in [1.54, 1.807) is 0 Å². The van der Waals surface area contributed by atoms with Crippen molar-refractivity contribution in [3.05, 3.63) is 34.3 Å². The van der Waals surface area contributed by atoms with Gasteiger partial charge in [0.15, 0.2) is 0 Å². The number of aliphatic carboxylic acids is 1. The van der Waals surface area contributed by atoms with Crippen molar-refractivity contribution >= 4 is 21.9 Å². The Morgan fingerprint density at radius 1 is 1.47 bits per heavy atom. The molecule has 92 valence electrons. The van der Waals surface area contributed by atoms with Crippen LogP contribution in [0, 0.1) is 5.92 Å². The standard InChI is InChI=1S/C13H16BrNO2/c1-8(10-4-2-3-5-11(10)14)15-12(13(16)17)9-6-7-9/h2-5,8-9,12,15H,6-7H2,1H3,(H,16,17)/t8-,12?/m1/s1. The third kappa shape index (κ3) is 3.07. The van der Waals surface area contributed by atoms with Gasteiger partial charge < -0.3 is 5.11 Å². The van der Waals surface area contributed by atoms with Gasteiger partial charge in [0.2, 0.25) is 0 Å². The monoisotopic (exact) mass is 297 g/mol. The zero-order valence-electron chi connectivity index (χ0n) is 9.69. The maximum Gasteiger partial charge on any atom is 0.320 e. The van der Waals surface area contributed by atoms with Crippen molar-refractivity contribution in [2.24, 2.45) is 5.92 Å². The van der Waals surface area contributed by atoms with E-state index in [-0.39, 0.29) is 6.04 Å². The van der Waals surface area contributed by atoms with Crippen molar-refractivity contribution in [3.63, 3.8) is 0 Å². The maximum atomic E-state index is 11.2. The molecule has 2 N–H and O–H groups in total. The van der Waals surface area contributed by atoms with Crippen LogP contribution < -0.4 is 5.32 Å². The van der Waals surface area contributed by atoms with Crippen molar-refractivity contribution in [2.45, 2.75) is 31.8 Å². The predicted molar refractivity (Wildman–Crippen MR) is 69.8 cm³/mol. The highest BCUT2D eigenvalue weighted by Crippen LogP contribution is 2.34. The van der Waals surface area contributed by atoms with Crippen LogP contribution in [-0.2, 0) is 4.79 Å². The Morgan fingerprint density at radius 3 is 2.65 bits per heavy atom. The van der Waals surface area contributed by atoms with Gasteiger partial charge in [0.1, 0.15) is 6.04 Å². The van der Waals surface area contributed by atoms with Gasteiger partial charge in [-0.05, 0) is 37.3 Å². The molecule has 4 heteroatoms. The van der Waals surface area contributed by atoms with Crippen LogP contribution in [0.3, 0.4) is 0 Å². The highest BCUT2D eigenvalue weighted by atomic mass is 79.9. The van der Waals surface area contributed by atoms with Crippen LogP contribution in [0.25, 0.3) is 0 Å². The Labute approximate surface area is 109 Å². The molecule has 0 spiro atoms. The lowest BCUT2D eigenvalue weighted by molar-refractivity contribution is -0.140. The molecule has 0 bridgehead atoms. The van der Waals surface area contributed by atoms with Crippen molar-refractivity contribution in [1.82, 2.24) is 5.32 Å². The minimum atomic E-state index is -0.744. The number of benzene rings is 1. The molecule has 2 atom stereocenters. The lowest BCUT2D eigenvalue weighted by atomic mass is 10.1. The molecule has 0 aliphatic heterocycles. The minimum Gasteiger partial charge on any atom is -0.480 e. The number of carboxylic acid groups (broad SMARTS) is 1. The van der Waals surface area contributed by atoms with Crippen LogP contribution in [-0.4, -0.2) is 17.1 Å². The molecule has 0 saturated heterocycles. The van der Waals surface area contributed by atoms with Gasteiger partial charge in [-0.1, -0.05) is 34.1 Å². The van der Waals surface area contributed by atoms with E-state index in [1.807, 2.05) is 31.2 Å². The van der Waals surface area contributed by atoms with Crippen LogP contribution in [0.15, 0.2) is 28.7 Å². The number of rotatable bonds is 5. The fraction of sp³-hybridized carbons (Fsp3) is 0.462. The Hall–Kier alpha value is -0.870. The summed E-state index contributed by atoms with van der Waals surface area (Å²) in [6, 6.07) is 7.51. The molecule has 0 radical (unpaired) electrons. The first-order valence-electron chi connectivity index (χ1n) is 5.83. The number of nitrogens with one attached hydrogen (secondary N) is 1. The first kappa shape index (κ1) is 12.6. The fourth-order valence-corrected chi connectivity index (χ4v) is 2.65. The quantitative estimate of drug-likeness (QED) is 0.878. The summed E-state index contributed by atoms with van der Waals surface area (Å²) in [4.78, 5) is 11.2. The van der Waals surface area contributed by atoms with E-state index in [0.29, 0.717) is 5.92 Å². The summed E-state index contributed by atoms with van der Waals surface area (Å²) >= 11 is 3.49. The second-order valence-electron chi connectivity index (χ2n) is 4.56. The highest BCUT2D eigenvalue weighted by molar-refractivity contribution is 9.10. The molecule has 1 saturated carbocycles. The second kappa shape index (κ2) is 5.19. The molecule has 0 amide bonds. The molecule has 1 aliphatic rings. The fourth-order valence-electron chi connectivity index (χ4n) is 2.02. The van der Waals surface area contributed by atoms with Crippen LogP contribution in [0.5, 0.6) is 0 Å². The second-order valence-corrected chi connectivity index (χ2v) is 5.42. The van der Waals surface area contributed by atoms with Crippen molar-refractivity contribution in [1.29, 1.82) is 0 Å². The van der Waals surface area contributed by atoms with Gasteiger partial charge in [-0.15, -0.1) is 0 Å². The Balaban J connectivity index is 2.07. The van der Waals surface area contributed by atoms with E-state index < -0.39 is 12.0 Å². The zero-order chi connectivity index (χ0) is 12.4. The van der Waals surface area contributed by atoms with Crippen molar-refractivity contribution in [3.8, 4) is 0 Å². The SMILES string of the molecule is C[C@@H](NC(C(=O)O)C1CC1)c1ccccc1Br. The molecular formula is C13H16BrNO2. The normalized spacial score (nSPS) is 18.7. The summed E-state index contributed by atoms with van der Waals surface area (Å²) in [6.45, 7) is 2.00. The van der Waals surface area contributed by atoms with Crippen LogP contribution >= 0.6 is 15.9 Å². The van der Waals surface area contributed by atoms with Crippen LogP contribution in [0.1, 0.15) is 31.4 Å². The van der Waals surface area contributed by atoms with Gasteiger partial charge in [0.25, 0.3) is 0 Å². The Bertz CT molecular complexity index is 418. The minimum absolute atomic E-state index is 0.0345. The highest BCUT2D eigenvalue weighted by Gasteiger charge is 2.37. The van der Waals surface area contributed by atoms with E-state index >= 15 is 0 Å². The predicted octanol–water partition coefficient (Wildman–Crippen LogP) is 2.96. The summed E-state index contributed by atoms with van der Waals surface area (Å²) in [7, 11) is 0. The number of carbonyl (C=O) groups is 1. The maximum absolute atomic E-state index is 11.2. The van der Waals surface area contributed by atoms with Gasteiger partial charge in [0.05, 0.1) is 0 Å². The molecular weight excluding hydrogens is 282 g/mol. The van der Waals surface area contributed by atoms with E-state index in [1.165, 1.54) is 0 Å². The number of hydrogen-bond acceptors (Lipinski definition) is 2. The van der Waals surface area contributed by atoms with Gasteiger partial charge in [0, 0.05) is 10.5 Å². The molecule has 0 heterocycles. The van der Waals surface area contributed by atoms with Crippen LogP contribution in [0.2, 0.25) is 0 Å². The van der Waals surface area contributed by atoms with Gasteiger partial charge in [-0.25, -0.2) is 0 Å². The molecule has 1 fully saturated rings. The molecule has 17 heavy (non-hydrogen) atoms. The van der Waals surface area contributed by atoms with Gasteiger partial charge in [-0.2, -0.15) is 0 Å². The van der Waals surface area contributed by atoms with E-state index in [0.717, 1.165) is 22.9 Å². The van der Waals surface area contributed by atoms with E-state index in [9.17, 15) is 9.90 Å². The lowest BCUT2D eigenvalue weighted by Crippen LogP contribution is -2.40. The average molecular weight is 298 g/mol. The molecule has 1 aromatic rings. The summed E-state index contributed by atoms with van der Waals surface area (Å²) < 4.78 is 1.01. The molecule has 0 aromatic heterocycles. The molecule has 3 nitrogen and oxygen atoms in total. The summed E-state index contributed by atoms with van der Waals surface area (Å²) in [5, 5.41) is 12.4. The first-order valence-corrected chi connectivity index (χ1v) is 6.62. The van der Waals surface area contributed by atoms with Crippen molar-refractivity contribution < 1.29 is 9.90 Å². The number of carboxylic acids is 1. The summed E-state index contributed by atoms with van der Waals surface area (Å²) in [5.74, 6) is -0.441. The average Bonchev–Trinajstić information content (AvgIpc) is 3.09. The molecule has 1 aliphatic carbocycles. The Kier molecular flexibility index (Phi) is 3.84. The van der Waals surface area contributed by atoms with Gasteiger partial charge >= 0.3 is 5.97 Å².